The number of rotatable bonds is 7. The molecular weight excluding hydrogens is 400 g/mol. The lowest BCUT2D eigenvalue weighted by Crippen LogP contribution is -2.61. The van der Waals surface area contributed by atoms with Gasteiger partial charge >= 0.3 is 0 Å². The summed E-state index contributed by atoms with van der Waals surface area (Å²) in [5.74, 6) is 0.352. The summed E-state index contributed by atoms with van der Waals surface area (Å²) >= 11 is 1.70. The van der Waals surface area contributed by atoms with Crippen LogP contribution in [0.2, 0.25) is 13.1 Å². The number of nitrogens with zero attached hydrogens (tertiary/aromatic N) is 1. The highest BCUT2D eigenvalue weighted by atomic mass is 33.1. The van der Waals surface area contributed by atoms with E-state index in [-0.39, 0.29) is 28.5 Å². The van der Waals surface area contributed by atoms with Crippen LogP contribution in [0.25, 0.3) is 10.2 Å². The van der Waals surface area contributed by atoms with E-state index in [1.54, 1.807) is 32.9 Å². The summed E-state index contributed by atoms with van der Waals surface area (Å²) in [5, 5.41) is 3.18. The minimum absolute atomic E-state index is 0.0109. The summed E-state index contributed by atoms with van der Waals surface area (Å²) in [6.45, 7) is 11.5. The first kappa shape index (κ1) is 20.2. The molecule has 2 aromatic rings. The van der Waals surface area contributed by atoms with Gasteiger partial charge in [-0.15, -0.1) is 11.3 Å². The standard InChI is InChI=1S/C18H25N2O2S3Si/c1-18(2,3)11(10-22-26(4)5)14-15(21)20-16(14)24-25-17-19-12-8-6-7-9-13(12)23-17/h6-9,11,14,16H,10H2,1-5H3,(H,20,21)/t11-,14+,16-/m1/s1. The van der Waals surface area contributed by atoms with Crippen LogP contribution in [-0.2, 0) is 9.22 Å². The quantitative estimate of drug-likeness (QED) is 0.383. The molecule has 141 valence electrons. The molecule has 4 nitrogen and oxygen atoms in total. The van der Waals surface area contributed by atoms with Gasteiger partial charge in [0.25, 0.3) is 0 Å². The number of nitrogens with one attached hydrogen (secondary N) is 1. The molecule has 26 heavy (non-hydrogen) atoms. The number of thiazole rings is 1. The van der Waals surface area contributed by atoms with Gasteiger partial charge < -0.3 is 9.74 Å². The molecule has 0 aliphatic carbocycles. The van der Waals surface area contributed by atoms with E-state index in [9.17, 15) is 4.79 Å². The van der Waals surface area contributed by atoms with Crippen LogP contribution in [0.5, 0.6) is 0 Å². The lowest BCUT2D eigenvalue weighted by molar-refractivity contribution is -0.138. The fourth-order valence-electron chi connectivity index (χ4n) is 2.97. The molecule has 0 bridgehead atoms. The molecule has 1 radical (unpaired) electrons. The van der Waals surface area contributed by atoms with Crippen molar-refractivity contribution in [1.29, 1.82) is 0 Å². The largest absolute Gasteiger partial charge is 0.417 e. The first-order chi connectivity index (χ1) is 12.3. The highest BCUT2D eigenvalue weighted by Crippen LogP contribution is 2.47. The third-order valence-electron chi connectivity index (χ3n) is 4.51. The summed E-state index contributed by atoms with van der Waals surface area (Å²) < 4.78 is 8.22. The normalized spacial score (nSPS) is 21.7. The summed E-state index contributed by atoms with van der Waals surface area (Å²) in [6, 6.07) is 8.18. The number of benzene rings is 1. The smallest absolute Gasteiger partial charge is 0.227 e. The van der Waals surface area contributed by atoms with Crippen LogP contribution in [-0.4, -0.2) is 31.9 Å². The molecule has 0 unspecified atom stereocenters. The van der Waals surface area contributed by atoms with E-state index in [0.29, 0.717) is 6.61 Å². The summed E-state index contributed by atoms with van der Waals surface area (Å²) in [7, 11) is 2.61. The molecule has 1 aliphatic heterocycles. The van der Waals surface area contributed by atoms with Crippen molar-refractivity contribution in [2.45, 2.75) is 43.6 Å². The Morgan fingerprint density at radius 3 is 2.69 bits per heavy atom. The number of para-hydroxylation sites is 1. The van der Waals surface area contributed by atoms with Crippen molar-refractivity contribution < 1.29 is 9.22 Å². The summed E-state index contributed by atoms with van der Waals surface area (Å²) in [4.78, 5) is 17.0. The number of aromatic nitrogens is 1. The second-order valence-corrected chi connectivity index (χ2v) is 13.5. The summed E-state index contributed by atoms with van der Waals surface area (Å²) in [6.07, 6.45) is 0. The molecule has 8 heteroatoms. The number of carbonyl (C=O) groups excluding carboxylic acids is 1. The van der Waals surface area contributed by atoms with Gasteiger partial charge in [-0.3, -0.25) is 4.79 Å². The van der Waals surface area contributed by atoms with E-state index in [1.165, 1.54) is 4.70 Å². The number of carbonyl (C=O) groups is 1. The molecular formula is C18H25N2O2S3Si. The lowest BCUT2D eigenvalue weighted by Gasteiger charge is -2.45. The third kappa shape index (κ3) is 4.65. The minimum atomic E-state index is -0.762. The Kier molecular flexibility index (Phi) is 6.39. The van der Waals surface area contributed by atoms with Crippen molar-refractivity contribution in [3.63, 3.8) is 0 Å². The molecule has 1 N–H and O–H groups in total. The van der Waals surface area contributed by atoms with Gasteiger partial charge in [0.05, 0.1) is 21.5 Å². The van der Waals surface area contributed by atoms with E-state index < -0.39 is 9.04 Å². The van der Waals surface area contributed by atoms with Crippen LogP contribution >= 0.6 is 32.9 Å². The highest BCUT2D eigenvalue weighted by molar-refractivity contribution is 8.77. The van der Waals surface area contributed by atoms with E-state index in [4.69, 9.17) is 4.43 Å². The Hall–Kier alpha value is -0.543. The monoisotopic (exact) mass is 425 g/mol. The number of β-lactam (4-membered cyclic amide) rings is 1. The van der Waals surface area contributed by atoms with Crippen LogP contribution in [0, 0.1) is 17.3 Å². The Morgan fingerprint density at radius 1 is 1.35 bits per heavy atom. The van der Waals surface area contributed by atoms with Gasteiger partial charge in [0.1, 0.15) is 0 Å². The first-order valence-electron chi connectivity index (χ1n) is 8.68. The van der Waals surface area contributed by atoms with Crippen LogP contribution < -0.4 is 5.32 Å². The maximum atomic E-state index is 12.3. The van der Waals surface area contributed by atoms with Gasteiger partial charge in [-0.2, -0.15) is 0 Å². The van der Waals surface area contributed by atoms with Crippen LogP contribution in [0.15, 0.2) is 28.6 Å². The lowest BCUT2D eigenvalue weighted by atomic mass is 9.71. The third-order valence-corrected chi connectivity index (χ3v) is 9.23. The van der Waals surface area contributed by atoms with Crippen molar-refractivity contribution in [2.75, 3.05) is 6.61 Å². The predicted octanol–water partition coefficient (Wildman–Crippen LogP) is 5.04. The zero-order valence-electron chi connectivity index (χ0n) is 15.7. The highest BCUT2D eigenvalue weighted by Gasteiger charge is 2.49. The second kappa shape index (κ2) is 8.22. The maximum Gasteiger partial charge on any atom is 0.227 e. The van der Waals surface area contributed by atoms with Gasteiger partial charge in [-0.25, -0.2) is 4.98 Å². The Labute approximate surface area is 169 Å². The molecule has 2 heterocycles. The number of amides is 1. The van der Waals surface area contributed by atoms with E-state index in [2.05, 4.69) is 50.2 Å². The summed E-state index contributed by atoms with van der Waals surface area (Å²) in [5.41, 5.74) is 1.07. The molecule has 1 amide bonds. The number of hydrogen-bond donors (Lipinski definition) is 1. The number of fused-ring (bicyclic) bond motifs is 1. The van der Waals surface area contributed by atoms with Gasteiger partial charge in [0.2, 0.25) is 14.9 Å². The van der Waals surface area contributed by atoms with Crippen LogP contribution in [0.1, 0.15) is 20.8 Å². The molecule has 0 saturated carbocycles. The molecule has 1 aromatic heterocycles. The zero-order chi connectivity index (χ0) is 18.9. The topological polar surface area (TPSA) is 51.2 Å². The average molecular weight is 426 g/mol. The fraction of sp³-hybridized carbons (Fsp3) is 0.556. The first-order valence-corrected chi connectivity index (χ1v) is 14.1. The zero-order valence-corrected chi connectivity index (χ0v) is 19.2. The SMILES string of the molecule is C[Si](C)OC[C@H]([C@H]1C(=O)N[C@@H]1SSc1nc2ccccc2s1)C(C)(C)C. The van der Waals surface area contributed by atoms with Crippen molar-refractivity contribution >= 4 is 58.1 Å². The van der Waals surface area contributed by atoms with Crippen molar-refractivity contribution in [3.05, 3.63) is 24.3 Å². The molecule has 1 fully saturated rings. The minimum Gasteiger partial charge on any atom is -0.417 e. The average Bonchev–Trinajstić information content (AvgIpc) is 2.96. The Bertz CT molecular complexity index is 742. The van der Waals surface area contributed by atoms with Gasteiger partial charge in [-0.05, 0) is 41.4 Å². The second-order valence-electron chi connectivity index (χ2n) is 7.77. The van der Waals surface area contributed by atoms with Crippen molar-refractivity contribution in [3.8, 4) is 0 Å². The molecule has 1 saturated heterocycles. The predicted molar refractivity (Wildman–Crippen MR) is 115 cm³/mol. The molecule has 1 aromatic carbocycles. The van der Waals surface area contributed by atoms with E-state index >= 15 is 0 Å². The van der Waals surface area contributed by atoms with Gasteiger partial charge in [-0.1, -0.05) is 43.7 Å². The number of hydrogen-bond acceptors (Lipinski definition) is 6. The molecule has 3 rings (SSSR count). The Balaban J connectivity index is 1.66. The van der Waals surface area contributed by atoms with Crippen LogP contribution in [0.4, 0.5) is 0 Å². The molecule has 0 spiro atoms. The Morgan fingerprint density at radius 2 is 2.08 bits per heavy atom. The van der Waals surface area contributed by atoms with Crippen molar-refractivity contribution in [2.24, 2.45) is 17.3 Å². The van der Waals surface area contributed by atoms with Crippen LogP contribution in [0.3, 0.4) is 0 Å². The molecule has 3 atom stereocenters. The molecule has 1 aliphatic rings. The van der Waals surface area contributed by atoms with Crippen molar-refractivity contribution in [1.82, 2.24) is 10.3 Å². The van der Waals surface area contributed by atoms with E-state index in [0.717, 1.165) is 9.86 Å². The fourth-order valence-corrected chi connectivity index (χ4v) is 7.34. The maximum absolute atomic E-state index is 12.3. The van der Waals surface area contributed by atoms with Gasteiger partial charge in [0, 0.05) is 12.5 Å². The van der Waals surface area contributed by atoms with E-state index in [1.807, 2.05) is 18.2 Å². The van der Waals surface area contributed by atoms with Gasteiger partial charge in [0.15, 0.2) is 4.34 Å².